The summed E-state index contributed by atoms with van der Waals surface area (Å²) in [5, 5.41) is 5.57. The molecule has 2 amide bonds. The first-order valence-corrected chi connectivity index (χ1v) is 12.7. The lowest BCUT2D eigenvalue weighted by Gasteiger charge is -2.21. The largest absolute Gasteiger partial charge is 0.497 e. The zero-order valence-electron chi connectivity index (χ0n) is 19.3. The van der Waals surface area contributed by atoms with Gasteiger partial charge < -0.3 is 15.4 Å². The van der Waals surface area contributed by atoms with E-state index in [1.54, 1.807) is 31.4 Å². The number of ether oxygens (including phenoxy) is 1. The lowest BCUT2D eigenvalue weighted by atomic mass is 10.0. The molecule has 1 aliphatic heterocycles. The minimum atomic E-state index is -4.00. The number of sulfonamides is 1. The van der Waals surface area contributed by atoms with Gasteiger partial charge in [-0.15, -0.1) is 0 Å². The van der Waals surface area contributed by atoms with Gasteiger partial charge in [-0.05, 0) is 59.9 Å². The van der Waals surface area contributed by atoms with E-state index < -0.39 is 22.0 Å². The molecule has 9 heteroatoms. The van der Waals surface area contributed by atoms with Gasteiger partial charge in [-0.2, -0.15) is 4.72 Å². The van der Waals surface area contributed by atoms with Crippen molar-refractivity contribution in [3.8, 4) is 5.75 Å². The lowest BCUT2D eigenvalue weighted by Crippen LogP contribution is -2.47. The minimum Gasteiger partial charge on any atom is -0.497 e. The van der Waals surface area contributed by atoms with Crippen LogP contribution in [0.1, 0.15) is 23.1 Å². The van der Waals surface area contributed by atoms with Crippen molar-refractivity contribution in [2.45, 2.75) is 36.7 Å². The summed E-state index contributed by atoms with van der Waals surface area (Å²) < 4.78 is 34.2. The fourth-order valence-corrected chi connectivity index (χ4v) is 5.12. The molecular weight excluding hydrogens is 466 g/mol. The Kier molecular flexibility index (Phi) is 7.48. The van der Waals surface area contributed by atoms with Gasteiger partial charge in [0.25, 0.3) is 0 Å². The van der Waals surface area contributed by atoms with Gasteiger partial charge in [0.05, 0.1) is 12.0 Å². The molecule has 0 fully saturated rings. The zero-order chi connectivity index (χ0) is 24.8. The van der Waals surface area contributed by atoms with Crippen LogP contribution >= 0.6 is 0 Å². The molecule has 0 spiro atoms. The highest BCUT2D eigenvalue weighted by Gasteiger charge is 2.27. The quantitative estimate of drug-likeness (QED) is 0.424. The average Bonchev–Trinajstić information content (AvgIpc) is 2.87. The number of hydrogen-bond acceptors (Lipinski definition) is 5. The van der Waals surface area contributed by atoms with Gasteiger partial charge in [-0.25, -0.2) is 8.42 Å². The molecule has 3 aromatic carbocycles. The Labute approximate surface area is 204 Å². The maximum atomic E-state index is 13.2. The molecule has 182 valence electrons. The molecule has 0 aliphatic carbocycles. The Hall–Kier alpha value is -3.69. The highest BCUT2D eigenvalue weighted by molar-refractivity contribution is 7.89. The van der Waals surface area contributed by atoms with Gasteiger partial charge in [-0.1, -0.05) is 42.5 Å². The van der Waals surface area contributed by atoms with E-state index in [0.717, 1.165) is 16.7 Å². The Bertz CT molecular complexity index is 1310. The number of hydrogen-bond donors (Lipinski definition) is 3. The van der Waals surface area contributed by atoms with Crippen LogP contribution in [-0.2, 0) is 39.0 Å². The standard InChI is InChI=1S/C26H27N3O5S/c1-34-21-10-7-19(8-11-21)17-27-26(31)24(15-18-5-3-2-4-6-18)29-35(32,33)22-12-13-23-20(16-22)9-14-25(30)28-23/h2-8,10-13,16,24,29H,9,14-15,17H2,1H3,(H,27,31)(H,28,30)/t24-/m1/s1. The van der Waals surface area contributed by atoms with Gasteiger partial charge in [0.1, 0.15) is 11.8 Å². The molecule has 0 bridgehead atoms. The third kappa shape index (κ3) is 6.26. The maximum Gasteiger partial charge on any atom is 0.241 e. The number of rotatable bonds is 9. The first kappa shape index (κ1) is 24.4. The van der Waals surface area contributed by atoms with Crippen LogP contribution < -0.4 is 20.1 Å². The van der Waals surface area contributed by atoms with Crippen molar-refractivity contribution in [1.82, 2.24) is 10.0 Å². The van der Waals surface area contributed by atoms with Crippen LogP contribution in [0.2, 0.25) is 0 Å². The summed E-state index contributed by atoms with van der Waals surface area (Å²) in [6.07, 6.45) is 0.949. The summed E-state index contributed by atoms with van der Waals surface area (Å²) in [5.74, 6) is 0.181. The molecular formula is C26H27N3O5S. The van der Waals surface area contributed by atoms with Crippen molar-refractivity contribution >= 4 is 27.5 Å². The van der Waals surface area contributed by atoms with Gasteiger partial charge >= 0.3 is 0 Å². The van der Waals surface area contributed by atoms with Crippen molar-refractivity contribution in [3.63, 3.8) is 0 Å². The van der Waals surface area contributed by atoms with E-state index in [4.69, 9.17) is 4.74 Å². The first-order chi connectivity index (χ1) is 16.8. The van der Waals surface area contributed by atoms with Crippen molar-refractivity contribution in [3.05, 3.63) is 89.5 Å². The fourth-order valence-electron chi connectivity index (χ4n) is 3.88. The molecule has 0 saturated carbocycles. The molecule has 1 aliphatic rings. The van der Waals surface area contributed by atoms with Gasteiger partial charge in [-0.3, -0.25) is 9.59 Å². The molecule has 1 heterocycles. The highest BCUT2D eigenvalue weighted by Crippen LogP contribution is 2.25. The average molecular weight is 494 g/mol. The van der Waals surface area contributed by atoms with Crippen molar-refractivity contribution < 1.29 is 22.7 Å². The van der Waals surface area contributed by atoms with Crippen LogP contribution in [-0.4, -0.2) is 33.4 Å². The molecule has 8 nitrogen and oxygen atoms in total. The van der Waals surface area contributed by atoms with Crippen LogP contribution in [0.4, 0.5) is 5.69 Å². The Balaban J connectivity index is 1.52. The van der Waals surface area contributed by atoms with E-state index in [1.807, 2.05) is 42.5 Å². The van der Waals surface area contributed by atoms with Crippen LogP contribution in [0.5, 0.6) is 5.75 Å². The highest BCUT2D eigenvalue weighted by atomic mass is 32.2. The van der Waals surface area contributed by atoms with E-state index in [2.05, 4.69) is 15.4 Å². The Morgan fingerprint density at radius 1 is 1.00 bits per heavy atom. The molecule has 0 unspecified atom stereocenters. The summed E-state index contributed by atoms with van der Waals surface area (Å²) in [4.78, 5) is 24.8. The number of fused-ring (bicyclic) bond motifs is 1. The molecule has 4 rings (SSSR count). The third-order valence-electron chi connectivity index (χ3n) is 5.80. The second-order valence-corrected chi connectivity index (χ2v) is 10.0. The van der Waals surface area contributed by atoms with Gasteiger partial charge in [0.2, 0.25) is 21.8 Å². The van der Waals surface area contributed by atoms with Gasteiger partial charge in [0.15, 0.2) is 0 Å². The zero-order valence-corrected chi connectivity index (χ0v) is 20.1. The van der Waals surface area contributed by atoms with Crippen LogP contribution in [0.3, 0.4) is 0 Å². The Morgan fingerprint density at radius 2 is 1.74 bits per heavy atom. The monoisotopic (exact) mass is 493 g/mol. The molecule has 0 aromatic heterocycles. The van der Waals surface area contributed by atoms with E-state index in [-0.39, 0.29) is 23.8 Å². The van der Waals surface area contributed by atoms with Gasteiger partial charge in [0, 0.05) is 18.7 Å². The van der Waals surface area contributed by atoms with E-state index in [9.17, 15) is 18.0 Å². The SMILES string of the molecule is COc1ccc(CNC(=O)[C@@H](Cc2ccccc2)NS(=O)(=O)c2ccc3c(c2)CCC(=O)N3)cc1. The number of amides is 2. The number of methoxy groups -OCH3 is 1. The molecule has 0 saturated heterocycles. The van der Waals surface area contributed by atoms with Crippen LogP contribution in [0.25, 0.3) is 0 Å². The van der Waals surface area contributed by atoms with E-state index in [1.165, 1.54) is 6.07 Å². The predicted octanol–water partition coefficient (Wildman–Crippen LogP) is 2.79. The summed E-state index contributed by atoms with van der Waals surface area (Å²) >= 11 is 0. The van der Waals surface area contributed by atoms with Crippen molar-refractivity contribution in [2.75, 3.05) is 12.4 Å². The fraction of sp³-hybridized carbons (Fsp3) is 0.231. The predicted molar refractivity (Wildman–Crippen MR) is 132 cm³/mol. The number of anilines is 1. The van der Waals surface area contributed by atoms with Crippen molar-refractivity contribution in [1.29, 1.82) is 0 Å². The number of carbonyl (C=O) groups excluding carboxylic acids is 2. The van der Waals surface area contributed by atoms with Crippen molar-refractivity contribution in [2.24, 2.45) is 0 Å². The smallest absolute Gasteiger partial charge is 0.241 e. The molecule has 3 N–H and O–H groups in total. The normalized spacial score (nSPS) is 13.9. The lowest BCUT2D eigenvalue weighted by molar-refractivity contribution is -0.123. The number of carbonyl (C=O) groups is 2. The number of nitrogens with one attached hydrogen (secondary N) is 3. The number of aryl methyl sites for hydroxylation is 1. The summed E-state index contributed by atoms with van der Waals surface area (Å²) in [6, 6.07) is 20.0. The maximum absolute atomic E-state index is 13.2. The topological polar surface area (TPSA) is 114 Å². The van der Waals surface area contributed by atoms with Crippen LogP contribution in [0, 0.1) is 0 Å². The summed E-state index contributed by atoms with van der Waals surface area (Å²) in [7, 11) is -2.42. The second-order valence-electron chi connectivity index (χ2n) is 8.30. The van der Waals surface area contributed by atoms with E-state index >= 15 is 0 Å². The molecule has 1 atom stereocenters. The number of benzene rings is 3. The second kappa shape index (κ2) is 10.7. The van der Waals surface area contributed by atoms with Crippen LogP contribution in [0.15, 0.2) is 77.7 Å². The summed E-state index contributed by atoms with van der Waals surface area (Å²) in [6.45, 7) is 0.244. The molecule has 0 radical (unpaired) electrons. The van der Waals surface area contributed by atoms with E-state index in [0.29, 0.717) is 24.3 Å². The minimum absolute atomic E-state index is 0.0495. The first-order valence-electron chi connectivity index (χ1n) is 11.2. The summed E-state index contributed by atoms with van der Waals surface area (Å²) in [5.41, 5.74) is 3.04. The third-order valence-corrected chi connectivity index (χ3v) is 7.27. The molecule has 3 aromatic rings. The molecule has 35 heavy (non-hydrogen) atoms. The Morgan fingerprint density at radius 3 is 2.46 bits per heavy atom.